The van der Waals surface area contributed by atoms with E-state index in [-0.39, 0.29) is 30.6 Å². The Morgan fingerprint density at radius 3 is 1.67 bits per heavy atom. The maximum atomic E-state index is 13.2. The number of ether oxygens (including phenoxy) is 7. The molecule has 11 heteroatoms. The largest absolute Gasteiger partial charge is 0.392 e. The highest BCUT2D eigenvalue weighted by atomic mass is 16.7. The summed E-state index contributed by atoms with van der Waals surface area (Å²) < 4.78 is 43.1. The second-order valence-electron chi connectivity index (χ2n) is 16.9. The fraction of sp³-hybridized carbons (Fsp3) is 0.635. The van der Waals surface area contributed by atoms with Gasteiger partial charge in [0.1, 0.15) is 0 Å². The van der Waals surface area contributed by atoms with Crippen molar-refractivity contribution >= 4 is 11.6 Å². The van der Waals surface area contributed by atoms with Gasteiger partial charge in [-0.25, -0.2) is 0 Å². The van der Waals surface area contributed by atoms with Crippen LogP contribution in [0.4, 0.5) is 5.69 Å². The molecule has 4 unspecified atom stereocenters. The quantitative estimate of drug-likeness (QED) is 0.100. The van der Waals surface area contributed by atoms with Crippen molar-refractivity contribution in [1.29, 1.82) is 0 Å². The number of aliphatic hydroxyl groups excluding tert-OH is 1. The number of amides is 1. The molecule has 5 rings (SSSR count). The molecule has 4 atom stereocenters. The standard InChI is InChI=1S/C52H78N2O9/c1-2-3-4-5-6-7-8-9-10-11-12-13-17-23-49(56)53-47-22-18-21-46(40-47)52-62-48(41-54-28-30-57-32-34-59-36-38-61-39-37-60-35-33-58-31-29-54)50(44-19-15-14-16-20-44)51(63-52)45-26-24-43(42-55)25-27-45/h14-16,18-22,24-27,40,48,50-52,55H,2-13,17,23,28-39,41-42H2,1H3,(H,53,56). The van der Waals surface area contributed by atoms with E-state index in [2.05, 4.69) is 41.4 Å². The SMILES string of the molecule is CCCCCCCCCCCCCCCC(=O)Nc1cccc(C2OC(CN3CCOCCOCCOCCOCCOCC3)C(c3ccccc3)C(c3ccc(CO)cc3)O2)c1. The number of anilines is 1. The molecule has 2 aliphatic heterocycles. The van der Waals surface area contributed by atoms with Crippen LogP contribution in [0.2, 0.25) is 0 Å². The highest BCUT2D eigenvalue weighted by molar-refractivity contribution is 5.90. The Hall–Kier alpha value is -3.23. The van der Waals surface area contributed by atoms with Gasteiger partial charge in [-0.2, -0.15) is 0 Å². The van der Waals surface area contributed by atoms with Crippen LogP contribution in [0.15, 0.2) is 78.9 Å². The van der Waals surface area contributed by atoms with Crippen LogP contribution in [0.3, 0.4) is 0 Å². The molecule has 0 radical (unpaired) electrons. The number of nitrogens with zero attached hydrogens (tertiary/aromatic N) is 1. The smallest absolute Gasteiger partial charge is 0.224 e. The normalized spacial score (nSPS) is 21.6. The van der Waals surface area contributed by atoms with E-state index in [9.17, 15) is 9.90 Å². The van der Waals surface area contributed by atoms with E-state index in [0.29, 0.717) is 92.1 Å². The first kappa shape index (κ1) is 50.8. The highest BCUT2D eigenvalue weighted by Crippen LogP contribution is 2.47. The number of rotatable bonds is 21. The van der Waals surface area contributed by atoms with Crippen LogP contribution in [0.1, 0.15) is 137 Å². The number of carbonyl (C=O) groups is 1. The van der Waals surface area contributed by atoms with Gasteiger partial charge in [0.15, 0.2) is 6.29 Å². The topological polar surface area (TPSA) is 117 Å². The predicted octanol–water partition coefficient (Wildman–Crippen LogP) is 9.94. The third-order valence-electron chi connectivity index (χ3n) is 12.0. The van der Waals surface area contributed by atoms with Crippen molar-refractivity contribution in [3.8, 4) is 0 Å². The number of benzene rings is 3. The van der Waals surface area contributed by atoms with Crippen molar-refractivity contribution in [1.82, 2.24) is 4.90 Å². The summed E-state index contributed by atoms with van der Waals surface area (Å²) in [6.45, 7) is 9.29. The van der Waals surface area contributed by atoms with Crippen LogP contribution in [0.25, 0.3) is 0 Å². The van der Waals surface area contributed by atoms with Gasteiger partial charge in [0, 0.05) is 43.2 Å². The summed E-state index contributed by atoms with van der Waals surface area (Å²) in [5, 5.41) is 13.0. The van der Waals surface area contributed by atoms with Crippen molar-refractivity contribution in [3.05, 3.63) is 101 Å². The van der Waals surface area contributed by atoms with Gasteiger partial charge in [-0.1, -0.05) is 151 Å². The lowest BCUT2D eigenvalue weighted by Gasteiger charge is -2.44. The average Bonchev–Trinajstić information content (AvgIpc) is 3.31. The molecule has 63 heavy (non-hydrogen) atoms. The minimum atomic E-state index is -0.707. The number of aliphatic hydroxyl groups is 1. The summed E-state index contributed by atoms with van der Waals surface area (Å²) in [6.07, 6.45) is 15.7. The molecule has 2 fully saturated rings. The lowest BCUT2D eigenvalue weighted by molar-refractivity contribution is -0.263. The molecule has 350 valence electrons. The van der Waals surface area contributed by atoms with Crippen LogP contribution in [0.5, 0.6) is 0 Å². The molecule has 2 N–H and O–H groups in total. The Labute approximate surface area is 378 Å². The Balaban J connectivity index is 1.24. The van der Waals surface area contributed by atoms with Gasteiger partial charge in [-0.05, 0) is 35.2 Å². The molecule has 0 aromatic heterocycles. The lowest BCUT2D eigenvalue weighted by Crippen LogP contribution is -2.46. The summed E-state index contributed by atoms with van der Waals surface area (Å²) in [5.74, 6) is -0.135. The predicted molar refractivity (Wildman–Crippen MR) is 249 cm³/mol. The molecule has 2 aliphatic rings. The van der Waals surface area contributed by atoms with E-state index < -0.39 is 6.29 Å². The minimum absolute atomic E-state index is 0.0278. The molecular weight excluding hydrogens is 797 g/mol. The molecule has 0 aliphatic carbocycles. The van der Waals surface area contributed by atoms with Crippen molar-refractivity contribution in [2.75, 3.05) is 91.0 Å². The number of hydrogen-bond acceptors (Lipinski definition) is 10. The first-order valence-electron chi connectivity index (χ1n) is 24.2. The first-order chi connectivity index (χ1) is 31.1. The Morgan fingerprint density at radius 2 is 1.11 bits per heavy atom. The summed E-state index contributed by atoms with van der Waals surface area (Å²) in [7, 11) is 0. The van der Waals surface area contributed by atoms with E-state index in [1.54, 1.807) is 0 Å². The third-order valence-corrected chi connectivity index (χ3v) is 12.0. The minimum Gasteiger partial charge on any atom is -0.392 e. The zero-order valence-corrected chi connectivity index (χ0v) is 38.3. The lowest BCUT2D eigenvalue weighted by atomic mass is 9.83. The van der Waals surface area contributed by atoms with E-state index in [4.69, 9.17) is 33.2 Å². The fourth-order valence-electron chi connectivity index (χ4n) is 8.37. The summed E-state index contributed by atoms with van der Waals surface area (Å²) >= 11 is 0. The number of carbonyl (C=O) groups excluding carboxylic acids is 1. The number of hydrogen-bond donors (Lipinski definition) is 2. The van der Waals surface area contributed by atoms with Gasteiger partial charge in [0.05, 0.1) is 84.9 Å². The van der Waals surface area contributed by atoms with Gasteiger partial charge in [0.2, 0.25) is 5.91 Å². The molecule has 1 amide bonds. The number of unbranched alkanes of at least 4 members (excludes halogenated alkanes) is 12. The molecule has 0 saturated carbocycles. The second-order valence-corrected chi connectivity index (χ2v) is 16.9. The first-order valence-corrected chi connectivity index (χ1v) is 24.2. The maximum absolute atomic E-state index is 13.2. The van der Waals surface area contributed by atoms with Crippen molar-refractivity contribution in [2.45, 2.75) is 128 Å². The number of nitrogens with one attached hydrogen (secondary N) is 1. The maximum Gasteiger partial charge on any atom is 0.224 e. The Bertz CT molecular complexity index is 1590. The summed E-state index contributed by atoms with van der Waals surface area (Å²) in [4.78, 5) is 15.5. The third kappa shape index (κ3) is 19.8. The summed E-state index contributed by atoms with van der Waals surface area (Å²) in [6, 6.07) is 26.3. The zero-order chi connectivity index (χ0) is 44.0. The molecule has 11 nitrogen and oxygen atoms in total. The van der Waals surface area contributed by atoms with Crippen molar-refractivity contribution < 1.29 is 43.1 Å². The van der Waals surface area contributed by atoms with Gasteiger partial charge in [-0.15, -0.1) is 0 Å². The van der Waals surface area contributed by atoms with E-state index in [1.807, 2.05) is 54.6 Å². The molecule has 2 heterocycles. The van der Waals surface area contributed by atoms with Crippen LogP contribution < -0.4 is 5.32 Å². The second kappa shape index (κ2) is 31.6. The van der Waals surface area contributed by atoms with Crippen LogP contribution >= 0.6 is 0 Å². The van der Waals surface area contributed by atoms with E-state index >= 15 is 0 Å². The molecule has 0 bridgehead atoms. The van der Waals surface area contributed by atoms with E-state index in [1.165, 1.54) is 70.6 Å². The van der Waals surface area contributed by atoms with Crippen LogP contribution in [-0.2, 0) is 44.6 Å². The molecule has 3 aromatic rings. The van der Waals surface area contributed by atoms with Crippen molar-refractivity contribution in [2.24, 2.45) is 0 Å². The Morgan fingerprint density at radius 1 is 0.587 bits per heavy atom. The summed E-state index contributed by atoms with van der Waals surface area (Å²) in [5.41, 5.74) is 4.51. The van der Waals surface area contributed by atoms with Crippen LogP contribution in [-0.4, -0.2) is 108 Å². The average molecular weight is 875 g/mol. The molecule has 0 spiro atoms. The van der Waals surface area contributed by atoms with Gasteiger partial charge >= 0.3 is 0 Å². The molecule has 3 aromatic carbocycles. The van der Waals surface area contributed by atoms with Gasteiger partial charge in [0.25, 0.3) is 0 Å². The highest BCUT2D eigenvalue weighted by Gasteiger charge is 2.42. The van der Waals surface area contributed by atoms with Crippen molar-refractivity contribution in [3.63, 3.8) is 0 Å². The molecular formula is C52H78N2O9. The Kier molecular flexibility index (Phi) is 25.5. The monoisotopic (exact) mass is 875 g/mol. The zero-order valence-electron chi connectivity index (χ0n) is 38.3. The van der Waals surface area contributed by atoms with Gasteiger partial charge in [-0.3, -0.25) is 9.69 Å². The van der Waals surface area contributed by atoms with Crippen LogP contribution in [0, 0.1) is 0 Å². The van der Waals surface area contributed by atoms with Gasteiger partial charge < -0.3 is 43.6 Å². The fourth-order valence-corrected chi connectivity index (χ4v) is 8.37. The molecule has 2 saturated heterocycles. The van der Waals surface area contributed by atoms with E-state index in [0.717, 1.165) is 40.8 Å².